The Labute approximate surface area is 172 Å². The van der Waals surface area contributed by atoms with Gasteiger partial charge in [0.05, 0.1) is 13.0 Å². The lowest BCUT2D eigenvalue weighted by Crippen LogP contribution is -2.47. The molecule has 152 valence electrons. The summed E-state index contributed by atoms with van der Waals surface area (Å²) in [7, 11) is 1.66. The van der Waals surface area contributed by atoms with E-state index >= 15 is 0 Å². The molecule has 4 rings (SSSR count). The highest BCUT2D eigenvalue weighted by Crippen LogP contribution is 2.30. The van der Waals surface area contributed by atoms with Crippen LogP contribution >= 0.6 is 0 Å². The van der Waals surface area contributed by atoms with Crippen molar-refractivity contribution in [2.45, 2.75) is 32.1 Å². The Morgan fingerprint density at radius 2 is 1.72 bits per heavy atom. The number of amides is 2. The van der Waals surface area contributed by atoms with E-state index in [1.54, 1.807) is 7.11 Å². The van der Waals surface area contributed by atoms with Crippen molar-refractivity contribution in [2.24, 2.45) is 11.8 Å². The van der Waals surface area contributed by atoms with Gasteiger partial charge in [-0.2, -0.15) is 0 Å². The third kappa shape index (κ3) is 4.44. The number of ether oxygens (including phenoxy) is 1. The first-order chi connectivity index (χ1) is 14.1. The SMILES string of the molecule is COc1cccc(-c2ccc(NC(=O)C3CCCN(C(=O)C4CCC4)C3)cc2)c1. The van der Waals surface area contributed by atoms with E-state index < -0.39 is 0 Å². The molecule has 2 aromatic rings. The molecule has 0 bridgehead atoms. The number of nitrogens with one attached hydrogen (secondary N) is 1. The highest BCUT2D eigenvalue weighted by Gasteiger charge is 2.34. The second-order valence-electron chi connectivity index (χ2n) is 8.05. The molecular formula is C24H28N2O3. The Hall–Kier alpha value is -2.82. The Morgan fingerprint density at radius 3 is 2.41 bits per heavy atom. The molecule has 0 radical (unpaired) electrons. The number of carbonyl (C=O) groups excluding carboxylic acids is 2. The van der Waals surface area contributed by atoms with E-state index in [0.717, 1.165) is 61.2 Å². The summed E-state index contributed by atoms with van der Waals surface area (Å²) in [5.74, 6) is 1.13. The number of likely N-dealkylation sites (tertiary alicyclic amines) is 1. The molecule has 1 saturated carbocycles. The van der Waals surface area contributed by atoms with Gasteiger partial charge in [0.2, 0.25) is 11.8 Å². The van der Waals surface area contributed by atoms with E-state index in [1.807, 2.05) is 53.4 Å². The zero-order valence-corrected chi connectivity index (χ0v) is 16.9. The molecule has 1 aliphatic carbocycles. The summed E-state index contributed by atoms with van der Waals surface area (Å²) in [6.45, 7) is 1.33. The van der Waals surface area contributed by atoms with Crippen molar-refractivity contribution in [3.8, 4) is 16.9 Å². The minimum atomic E-state index is -0.133. The Bertz CT molecular complexity index is 874. The summed E-state index contributed by atoms with van der Waals surface area (Å²) < 4.78 is 5.29. The largest absolute Gasteiger partial charge is 0.497 e. The van der Waals surface area contributed by atoms with Crippen LogP contribution in [0.3, 0.4) is 0 Å². The molecule has 1 atom stereocenters. The number of hydrogen-bond acceptors (Lipinski definition) is 3. The normalized spacial score (nSPS) is 19.3. The van der Waals surface area contributed by atoms with Gasteiger partial charge in [-0.1, -0.05) is 30.7 Å². The van der Waals surface area contributed by atoms with Crippen LogP contribution in [-0.2, 0) is 9.59 Å². The van der Waals surface area contributed by atoms with E-state index in [4.69, 9.17) is 4.74 Å². The molecule has 1 unspecified atom stereocenters. The first-order valence-electron chi connectivity index (χ1n) is 10.5. The summed E-state index contributed by atoms with van der Waals surface area (Å²) in [4.78, 5) is 27.2. The van der Waals surface area contributed by atoms with E-state index in [9.17, 15) is 9.59 Å². The Morgan fingerprint density at radius 1 is 0.966 bits per heavy atom. The smallest absolute Gasteiger partial charge is 0.229 e. The summed E-state index contributed by atoms with van der Waals surface area (Å²) in [6, 6.07) is 15.7. The van der Waals surface area contributed by atoms with E-state index in [0.29, 0.717) is 6.54 Å². The van der Waals surface area contributed by atoms with Crippen LogP contribution in [-0.4, -0.2) is 36.9 Å². The zero-order chi connectivity index (χ0) is 20.2. The Balaban J connectivity index is 1.37. The molecule has 1 N–H and O–H groups in total. The highest BCUT2D eigenvalue weighted by molar-refractivity contribution is 5.93. The minimum Gasteiger partial charge on any atom is -0.497 e. The van der Waals surface area contributed by atoms with Crippen LogP contribution in [0.1, 0.15) is 32.1 Å². The standard InChI is InChI=1S/C24H28N2O3/c1-29-22-9-3-7-19(15-22)17-10-12-21(13-11-17)25-23(27)20-8-4-14-26(16-20)24(28)18-5-2-6-18/h3,7,9-13,15,18,20H,2,4-6,8,14,16H2,1H3,(H,25,27). The van der Waals surface area contributed by atoms with Crippen molar-refractivity contribution in [3.63, 3.8) is 0 Å². The van der Waals surface area contributed by atoms with Gasteiger partial charge in [-0.15, -0.1) is 0 Å². The average molecular weight is 392 g/mol. The summed E-state index contributed by atoms with van der Waals surface area (Å²) >= 11 is 0. The maximum atomic E-state index is 12.8. The molecule has 2 aliphatic rings. The molecule has 5 heteroatoms. The summed E-state index contributed by atoms with van der Waals surface area (Å²) in [5.41, 5.74) is 2.92. The van der Waals surface area contributed by atoms with E-state index in [-0.39, 0.29) is 23.7 Å². The number of hydrogen-bond donors (Lipinski definition) is 1. The third-order valence-corrected chi connectivity index (χ3v) is 6.11. The van der Waals surface area contributed by atoms with Gasteiger partial charge in [0.15, 0.2) is 0 Å². The monoisotopic (exact) mass is 392 g/mol. The average Bonchev–Trinajstić information content (AvgIpc) is 2.73. The first kappa shape index (κ1) is 19.5. The van der Waals surface area contributed by atoms with Crippen LogP contribution in [0.5, 0.6) is 5.75 Å². The van der Waals surface area contributed by atoms with Crippen LogP contribution in [0.15, 0.2) is 48.5 Å². The van der Waals surface area contributed by atoms with Crippen molar-refractivity contribution in [1.29, 1.82) is 0 Å². The number of methoxy groups -OCH3 is 1. The first-order valence-corrected chi connectivity index (χ1v) is 10.5. The molecule has 1 heterocycles. The number of anilines is 1. The number of rotatable bonds is 5. The zero-order valence-electron chi connectivity index (χ0n) is 16.9. The van der Waals surface area contributed by atoms with Crippen molar-refractivity contribution < 1.29 is 14.3 Å². The third-order valence-electron chi connectivity index (χ3n) is 6.11. The molecule has 29 heavy (non-hydrogen) atoms. The van der Waals surface area contributed by atoms with Gasteiger partial charge in [0, 0.05) is 24.7 Å². The molecule has 0 spiro atoms. The van der Waals surface area contributed by atoms with Gasteiger partial charge in [0.1, 0.15) is 5.75 Å². The summed E-state index contributed by atoms with van der Waals surface area (Å²) in [6.07, 6.45) is 4.89. The Kier molecular flexibility index (Phi) is 5.84. The van der Waals surface area contributed by atoms with E-state index in [1.165, 1.54) is 0 Å². The maximum absolute atomic E-state index is 12.8. The van der Waals surface area contributed by atoms with Crippen LogP contribution in [0.2, 0.25) is 0 Å². The number of nitrogens with zero attached hydrogens (tertiary/aromatic N) is 1. The lowest BCUT2D eigenvalue weighted by atomic mass is 9.83. The number of benzene rings is 2. The quantitative estimate of drug-likeness (QED) is 0.823. The second kappa shape index (κ2) is 8.68. The highest BCUT2D eigenvalue weighted by atomic mass is 16.5. The van der Waals surface area contributed by atoms with Crippen LogP contribution < -0.4 is 10.1 Å². The van der Waals surface area contributed by atoms with Gasteiger partial charge >= 0.3 is 0 Å². The maximum Gasteiger partial charge on any atom is 0.229 e. The molecular weight excluding hydrogens is 364 g/mol. The van der Waals surface area contributed by atoms with Gasteiger partial charge < -0.3 is 15.0 Å². The van der Waals surface area contributed by atoms with Crippen molar-refractivity contribution >= 4 is 17.5 Å². The predicted molar refractivity (Wildman–Crippen MR) is 114 cm³/mol. The second-order valence-corrected chi connectivity index (χ2v) is 8.05. The van der Waals surface area contributed by atoms with Crippen molar-refractivity contribution in [3.05, 3.63) is 48.5 Å². The van der Waals surface area contributed by atoms with Crippen molar-refractivity contribution in [1.82, 2.24) is 4.90 Å². The molecule has 2 fully saturated rings. The van der Waals surface area contributed by atoms with Crippen LogP contribution in [0.4, 0.5) is 5.69 Å². The molecule has 5 nitrogen and oxygen atoms in total. The molecule has 1 saturated heterocycles. The predicted octanol–water partition coefficient (Wildman–Crippen LogP) is 4.34. The van der Waals surface area contributed by atoms with Gasteiger partial charge in [-0.25, -0.2) is 0 Å². The number of piperidine rings is 1. The fourth-order valence-corrected chi connectivity index (χ4v) is 4.10. The van der Waals surface area contributed by atoms with Crippen molar-refractivity contribution in [2.75, 3.05) is 25.5 Å². The molecule has 0 aromatic heterocycles. The molecule has 2 aromatic carbocycles. The number of carbonyl (C=O) groups is 2. The molecule has 1 aliphatic heterocycles. The fraction of sp³-hybridized carbons (Fsp3) is 0.417. The van der Waals surface area contributed by atoms with Gasteiger partial charge in [0.25, 0.3) is 0 Å². The lowest BCUT2D eigenvalue weighted by Gasteiger charge is -2.36. The fourth-order valence-electron chi connectivity index (χ4n) is 4.10. The summed E-state index contributed by atoms with van der Waals surface area (Å²) in [5, 5.41) is 3.03. The van der Waals surface area contributed by atoms with Gasteiger partial charge in [-0.05, 0) is 61.1 Å². The van der Waals surface area contributed by atoms with Crippen LogP contribution in [0.25, 0.3) is 11.1 Å². The minimum absolute atomic E-state index is 0.00485. The van der Waals surface area contributed by atoms with Gasteiger partial charge in [-0.3, -0.25) is 9.59 Å². The van der Waals surface area contributed by atoms with E-state index in [2.05, 4.69) is 5.32 Å². The van der Waals surface area contributed by atoms with Crippen LogP contribution in [0, 0.1) is 11.8 Å². The topological polar surface area (TPSA) is 58.6 Å². The molecule has 2 amide bonds. The lowest BCUT2D eigenvalue weighted by molar-refractivity contribution is -0.141.